The van der Waals surface area contributed by atoms with Crippen LogP contribution in [0.3, 0.4) is 0 Å². The minimum Gasteiger partial charge on any atom is -0.505 e. The molecule has 22 heavy (non-hydrogen) atoms. The van der Waals surface area contributed by atoms with Gasteiger partial charge in [0.15, 0.2) is 11.5 Å². The zero-order valence-corrected chi connectivity index (χ0v) is 14.0. The van der Waals surface area contributed by atoms with Crippen LogP contribution < -0.4 is 0 Å². The van der Waals surface area contributed by atoms with Gasteiger partial charge in [-0.05, 0) is 24.6 Å². The maximum Gasteiger partial charge on any atom is 0.194 e. The van der Waals surface area contributed by atoms with Gasteiger partial charge in [0.1, 0.15) is 0 Å². The van der Waals surface area contributed by atoms with E-state index < -0.39 is 0 Å². The number of phenols is 1. The molecule has 1 N–H and O–H groups in total. The first-order valence-electron chi connectivity index (χ1n) is 6.76. The van der Waals surface area contributed by atoms with Crippen molar-refractivity contribution in [3.05, 3.63) is 62.4 Å². The van der Waals surface area contributed by atoms with Gasteiger partial charge in [0.05, 0.1) is 10.0 Å². The first-order chi connectivity index (χ1) is 10.5. The van der Waals surface area contributed by atoms with Crippen molar-refractivity contribution in [1.82, 2.24) is 0 Å². The summed E-state index contributed by atoms with van der Waals surface area (Å²) in [4.78, 5) is 14.0. The van der Waals surface area contributed by atoms with E-state index in [9.17, 15) is 9.90 Å². The molecular weight excluding hydrogens is 339 g/mol. The van der Waals surface area contributed by atoms with Crippen LogP contribution >= 0.6 is 34.5 Å². The topological polar surface area (TPSA) is 37.3 Å². The number of carbonyl (C=O) groups excluding carboxylic acids is 1. The van der Waals surface area contributed by atoms with Crippen molar-refractivity contribution in [2.75, 3.05) is 0 Å². The van der Waals surface area contributed by atoms with E-state index in [1.165, 1.54) is 12.1 Å². The first-order valence-corrected chi connectivity index (χ1v) is 8.33. The molecular formula is C17H12Cl2O2S. The molecule has 0 aliphatic rings. The van der Waals surface area contributed by atoms with Gasteiger partial charge in [0.2, 0.25) is 0 Å². The van der Waals surface area contributed by atoms with E-state index in [0.29, 0.717) is 11.1 Å². The molecule has 0 unspecified atom stereocenters. The van der Waals surface area contributed by atoms with Crippen LogP contribution in [0.4, 0.5) is 0 Å². The fourth-order valence-corrected chi connectivity index (χ4v) is 4.06. The normalized spacial score (nSPS) is 11.0. The number of ketones is 1. The highest BCUT2D eigenvalue weighted by molar-refractivity contribution is 7.19. The van der Waals surface area contributed by atoms with Gasteiger partial charge in [0, 0.05) is 26.1 Å². The Morgan fingerprint density at radius 1 is 1.18 bits per heavy atom. The number of hydrogen-bond acceptors (Lipinski definition) is 3. The Kier molecular flexibility index (Phi) is 4.13. The summed E-state index contributed by atoms with van der Waals surface area (Å²) < 4.78 is 1.08. The molecule has 1 aromatic heterocycles. The minimum absolute atomic E-state index is 0.0773. The van der Waals surface area contributed by atoms with Crippen molar-refractivity contribution < 1.29 is 9.90 Å². The zero-order valence-electron chi connectivity index (χ0n) is 11.7. The summed E-state index contributed by atoms with van der Waals surface area (Å²) in [5.41, 5.74) is 1.08. The largest absolute Gasteiger partial charge is 0.505 e. The smallest absolute Gasteiger partial charge is 0.194 e. The number of fused-ring (bicyclic) bond motifs is 1. The van der Waals surface area contributed by atoms with Gasteiger partial charge in [-0.15, -0.1) is 11.3 Å². The molecule has 3 rings (SSSR count). The highest BCUT2D eigenvalue weighted by Crippen LogP contribution is 2.37. The summed E-state index contributed by atoms with van der Waals surface area (Å²) in [5, 5.41) is 10.7. The van der Waals surface area contributed by atoms with Crippen LogP contribution in [0.2, 0.25) is 10.0 Å². The summed E-state index contributed by atoms with van der Waals surface area (Å²) in [5.74, 6) is -0.330. The Labute approximate surface area is 141 Å². The molecule has 0 fully saturated rings. The number of hydrogen-bond donors (Lipinski definition) is 1. The second-order valence-electron chi connectivity index (χ2n) is 4.87. The van der Waals surface area contributed by atoms with Crippen molar-refractivity contribution in [1.29, 1.82) is 0 Å². The van der Waals surface area contributed by atoms with Gasteiger partial charge in [-0.1, -0.05) is 48.3 Å². The second-order valence-corrected chi connectivity index (χ2v) is 6.82. The lowest BCUT2D eigenvalue weighted by Crippen LogP contribution is -2.03. The third-order valence-electron chi connectivity index (χ3n) is 3.50. The number of aryl methyl sites for hydroxylation is 1. The number of rotatable bonds is 3. The van der Waals surface area contributed by atoms with Gasteiger partial charge >= 0.3 is 0 Å². The van der Waals surface area contributed by atoms with E-state index in [-0.39, 0.29) is 21.6 Å². The predicted octanol–water partition coefficient (Wildman–Crippen LogP) is 5.71. The van der Waals surface area contributed by atoms with E-state index in [0.717, 1.165) is 21.4 Å². The fourth-order valence-electron chi connectivity index (χ4n) is 2.43. The van der Waals surface area contributed by atoms with Crippen molar-refractivity contribution in [2.45, 2.75) is 13.3 Å². The molecule has 5 heteroatoms. The predicted molar refractivity (Wildman–Crippen MR) is 92.8 cm³/mol. The van der Waals surface area contributed by atoms with E-state index in [4.69, 9.17) is 23.2 Å². The number of carbonyl (C=O) groups is 1. The number of halogens is 2. The zero-order chi connectivity index (χ0) is 15.9. The summed E-state index contributed by atoms with van der Waals surface area (Å²) in [7, 11) is 0. The summed E-state index contributed by atoms with van der Waals surface area (Å²) in [6.07, 6.45) is 0.778. The third-order valence-corrected chi connectivity index (χ3v) is 5.39. The van der Waals surface area contributed by atoms with Crippen LogP contribution in [-0.2, 0) is 6.42 Å². The second kappa shape index (κ2) is 5.92. The van der Waals surface area contributed by atoms with E-state index >= 15 is 0 Å². The molecule has 3 aromatic rings. The fraction of sp³-hybridized carbons (Fsp3) is 0.118. The molecule has 0 atom stereocenters. The molecule has 0 aliphatic carbocycles. The van der Waals surface area contributed by atoms with Gasteiger partial charge in [-0.3, -0.25) is 4.79 Å². The standard InChI is InChI=1S/C17H12Cl2O2S/c1-2-13-15(10-5-3-4-6-14(10)22-13)16(20)9-7-11(18)17(21)12(19)8-9/h3-8,21H,2H2,1H3. The van der Waals surface area contributed by atoms with Crippen LogP contribution in [-0.4, -0.2) is 10.9 Å². The van der Waals surface area contributed by atoms with Gasteiger partial charge in [-0.2, -0.15) is 0 Å². The molecule has 0 spiro atoms. The van der Waals surface area contributed by atoms with Gasteiger partial charge in [-0.25, -0.2) is 0 Å². The third kappa shape index (κ3) is 2.50. The van der Waals surface area contributed by atoms with Crippen molar-refractivity contribution >= 4 is 50.4 Å². The average Bonchev–Trinajstić information content (AvgIpc) is 2.89. The maximum absolute atomic E-state index is 12.9. The van der Waals surface area contributed by atoms with Crippen molar-refractivity contribution in [3.63, 3.8) is 0 Å². The molecule has 2 nitrogen and oxygen atoms in total. The molecule has 0 saturated carbocycles. The highest BCUT2D eigenvalue weighted by Gasteiger charge is 2.21. The molecule has 112 valence electrons. The van der Waals surface area contributed by atoms with E-state index in [1.807, 2.05) is 31.2 Å². The summed E-state index contributed by atoms with van der Waals surface area (Å²) in [6, 6.07) is 10.7. The number of phenolic OH excluding ortho intramolecular Hbond substituents is 1. The van der Waals surface area contributed by atoms with Crippen LogP contribution in [0.15, 0.2) is 36.4 Å². The Morgan fingerprint density at radius 2 is 1.82 bits per heavy atom. The van der Waals surface area contributed by atoms with Gasteiger partial charge in [0.25, 0.3) is 0 Å². The SMILES string of the molecule is CCc1sc2ccccc2c1C(=O)c1cc(Cl)c(O)c(Cl)c1. The van der Waals surface area contributed by atoms with E-state index in [1.54, 1.807) is 11.3 Å². The molecule has 0 aliphatic heterocycles. The lowest BCUT2D eigenvalue weighted by molar-refractivity contribution is 0.104. The average molecular weight is 351 g/mol. The number of thiophene rings is 1. The van der Waals surface area contributed by atoms with Gasteiger partial charge < -0.3 is 5.11 Å². The Balaban J connectivity index is 2.21. The van der Waals surface area contributed by atoms with E-state index in [2.05, 4.69) is 0 Å². The van der Waals surface area contributed by atoms with Crippen LogP contribution in [0.5, 0.6) is 5.75 Å². The molecule has 0 saturated heterocycles. The summed E-state index contributed by atoms with van der Waals surface area (Å²) in [6.45, 7) is 2.03. The molecule has 0 bridgehead atoms. The summed E-state index contributed by atoms with van der Waals surface area (Å²) >= 11 is 13.5. The Bertz CT molecular complexity index is 860. The number of aromatic hydroxyl groups is 1. The lowest BCUT2D eigenvalue weighted by Gasteiger charge is -2.06. The van der Waals surface area contributed by atoms with Crippen LogP contribution in [0.25, 0.3) is 10.1 Å². The monoisotopic (exact) mass is 350 g/mol. The van der Waals surface area contributed by atoms with Crippen molar-refractivity contribution in [3.8, 4) is 5.75 Å². The first kappa shape index (κ1) is 15.3. The minimum atomic E-state index is -0.203. The Morgan fingerprint density at radius 3 is 2.45 bits per heavy atom. The van der Waals surface area contributed by atoms with Crippen molar-refractivity contribution in [2.24, 2.45) is 0 Å². The maximum atomic E-state index is 12.9. The number of benzene rings is 2. The quantitative estimate of drug-likeness (QED) is 0.614. The molecule has 0 radical (unpaired) electrons. The van der Waals surface area contributed by atoms with Crippen LogP contribution in [0.1, 0.15) is 27.7 Å². The molecule has 2 aromatic carbocycles. The lowest BCUT2D eigenvalue weighted by atomic mass is 9.99. The Hall–Kier alpha value is -1.55. The van der Waals surface area contributed by atoms with Crippen LogP contribution in [0, 0.1) is 0 Å². The molecule has 1 heterocycles. The molecule has 0 amide bonds. The highest BCUT2D eigenvalue weighted by atomic mass is 35.5.